The molecule has 0 radical (unpaired) electrons. The number of primary amides is 1. The Labute approximate surface area is 101 Å². The molecular weight excluding hydrogens is 218 g/mol. The van der Waals surface area contributed by atoms with E-state index in [4.69, 9.17) is 5.73 Å². The van der Waals surface area contributed by atoms with E-state index in [0.29, 0.717) is 0 Å². The van der Waals surface area contributed by atoms with Crippen LogP contribution < -0.4 is 11.2 Å². The van der Waals surface area contributed by atoms with Crippen LogP contribution in [0.25, 0.3) is 0 Å². The fourth-order valence-electron chi connectivity index (χ4n) is 2.98. The van der Waals surface area contributed by atoms with E-state index < -0.39 is 11.8 Å². The zero-order chi connectivity index (χ0) is 12.3. The van der Waals surface area contributed by atoms with Crippen molar-refractivity contribution in [3.8, 4) is 0 Å². The topological polar surface area (TPSA) is 84.5 Å². The lowest BCUT2D eigenvalue weighted by Crippen LogP contribution is -2.35. The second-order valence-electron chi connectivity index (χ2n) is 5.03. The number of nitrogens with zero attached hydrogens (tertiary/aromatic N) is 1. The number of hydrogen-bond donors (Lipinski definition) is 2. The van der Waals surface area contributed by atoms with Gasteiger partial charge in [-0.25, -0.2) is 5.43 Å². The van der Waals surface area contributed by atoms with Crippen LogP contribution in [0.1, 0.15) is 44.9 Å². The lowest BCUT2D eigenvalue weighted by atomic mass is 9.70. The number of fused-ring (bicyclic) bond motifs is 1. The zero-order valence-electron chi connectivity index (χ0n) is 9.95. The van der Waals surface area contributed by atoms with Gasteiger partial charge in [0.15, 0.2) is 0 Å². The summed E-state index contributed by atoms with van der Waals surface area (Å²) in [5, 5.41) is 4.01. The Balaban J connectivity index is 1.88. The van der Waals surface area contributed by atoms with E-state index in [2.05, 4.69) is 10.5 Å². The minimum absolute atomic E-state index is 0.724. The summed E-state index contributed by atoms with van der Waals surface area (Å²) in [4.78, 5) is 21.5. The number of hydrogen-bond acceptors (Lipinski definition) is 3. The Kier molecular flexibility index (Phi) is 3.76. The van der Waals surface area contributed by atoms with E-state index in [0.717, 1.165) is 36.8 Å². The minimum Gasteiger partial charge on any atom is -0.361 e. The van der Waals surface area contributed by atoms with E-state index >= 15 is 0 Å². The fourth-order valence-corrected chi connectivity index (χ4v) is 2.98. The first kappa shape index (κ1) is 12.1. The van der Waals surface area contributed by atoms with Crippen LogP contribution in [-0.2, 0) is 9.59 Å². The lowest BCUT2D eigenvalue weighted by Gasteiger charge is -2.35. The second kappa shape index (κ2) is 5.29. The first-order valence-electron chi connectivity index (χ1n) is 6.32. The van der Waals surface area contributed by atoms with Gasteiger partial charge in [-0.05, 0) is 37.5 Å². The van der Waals surface area contributed by atoms with Gasteiger partial charge in [0.2, 0.25) is 0 Å². The van der Waals surface area contributed by atoms with E-state index in [1.807, 2.05) is 0 Å². The largest absolute Gasteiger partial charge is 0.361 e. The van der Waals surface area contributed by atoms with Crippen LogP contribution in [0.5, 0.6) is 0 Å². The molecule has 2 fully saturated rings. The molecule has 3 N–H and O–H groups in total. The quantitative estimate of drug-likeness (QED) is 0.525. The van der Waals surface area contributed by atoms with Crippen molar-refractivity contribution in [3.63, 3.8) is 0 Å². The highest BCUT2D eigenvalue weighted by molar-refractivity contribution is 6.34. The summed E-state index contributed by atoms with van der Waals surface area (Å²) in [6.07, 6.45) is 8.33. The number of rotatable bonds is 1. The monoisotopic (exact) mass is 237 g/mol. The SMILES string of the molecule is NC(=O)C(=O)N/N=C1/CC[C@@H]2CCCC[C@@H]2C1. The Morgan fingerprint density at radius 2 is 1.88 bits per heavy atom. The average molecular weight is 237 g/mol. The zero-order valence-corrected chi connectivity index (χ0v) is 9.95. The summed E-state index contributed by atoms with van der Waals surface area (Å²) in [5.41, 5.74) is 8.06. The van der Waals surface area contributed by atoms with Crippen molar-refractivity contribution in [3.05, 3.63) is 0 Å². The molecule has 0 aromatic carbocycles. The average Bonchev–Trinajstić information content (AvgIpc) is 2.35. The van der Waals surface area contributed by atoms with E-state index in [9.17, 15) is 9.59 Å². The Morgan fingerprint density at radius 3 is 2.59 bits per heavy atom. The Bertz CT molecular complexity index is 352. The molecule has 0 unspecified atom stereocenters. The van der Waals surface area contributed by atoms with E-state index in [-0.39, 0.29) is 0 Å². The number of amides is 2. The van der Waals surface area contributed by atoms with E-state index in [1.165, 1.54) is 25.7 Å². The highest BCUT2D eigenvalue weighted by atomic mass is 16.2. The lowest BCUT2D eigenvalue weighted by molar-refractivity contribution is -0.137. The molecule has 0 aromatic rings. The van der Waals surface area contributed by atoms with Gasteiger partial charge < -0.3 is 5.73 Å². The third kappa shape index (κ3) is 3.05. The molecule has 0 bridgehead atoms. The normalized spacial score (nSPS) is 30.7. The molecule has 2 saturated carbocycles. The number of nitrogens with one attached hydrogen (secondary N) is 1. The standard InChI is InChI=1S/C12H19N3O2/c13-11(16)12(17)15-14-10-6-5-8-3-1-2-4-9(8)7-10/h8-9H,1-7H2,(H2,13,16)(H,15,17)/b14-10-/t8-,9+/m0/s1. The fraction of sp³-hybridized carbons (Fsp3) is 0.750. The molecule has 17 heavy (non-hydrogen) atoms. The van der Waals surface area contributed by atoms with Crippen LogP contribution >= 0.6 is 0 Å². The Hall–Kier alpha value is -1.39. The predicted octanol–water partition coefficient (Wildman–Crippen LogP) is 0.934. The van der Waals surface area contributed by atoms with E-state index in [1.54, 1.807) is 0 Å². The first-order valence-corrected chi connectivity index (χ1v) is 6.32. The van der Waals surface area contributed by atoms with Gasteiger partial charge in [0.05, 0.1) is 0 Å². The van der Waals surface area contributed by atoms with Gasteiger partial charge in [-0.2, -0.15) is 5.10 Å². The van der Waals surface area contributed by atoms with Crippen LogP contribution in [0.15, 0.2) is 5.10 Å². The predicted molar refractivity (Wildman–Crippen MR) is 64.1 cm³/mol. The van der Waals surface area contributed by atoms with Crippen LogP contribution in [0.4, 0.5) is 0 Å². The summed E-state index contributed by atoms with van der Waals surface area (Å²) in [7, 11) is 0. The van der Waals surface area contributed by atoms with Crippen molar-refractivity contribution in [1.29, 1.82) is 0 Å². The molecule has 94 valence electrons. The number of nitrogens with two attached hydrogens (primary N) is 1. The van der Waals surface area contributed by atoms with Gasteiger partial charge in [0, 0.05) is 5.71 Å². The highest BCUT2D eigenvalue weighted by Crippen LogP contribution is 2.39. The third-order valence-electron chi connectivity index (χ3n) is 3.91. The molecule has 2 rings (SSSR count). The van der Waals surface area contributed by atoms with Gasteiger partial charge >= 0.3 is 11.8 Å². The molecule has 2 amide bonds. The molecule has 0 aliphatic heterocycles. The van der Waals surface area contributed by atoms with Crippen LogP contribution in [0.2, 0.25) is 0 Å². The number of carbonyl (C=O) groups excluding carboxylic acids is 2. The molecule has 2 atom stereocenters. The van der Waals surface area contributed by atoms with Crippen LogP contribution in [-0.4, -0.2) is 17.5 Å². The molecule has 5 nitrogen and oxygen atoms in total. The van der Waals surface area contributed by atoms with Crippen molar-refractivity contribution in [2.24, 2.45) is 22.7 Å². The summed E-state index contributed by atoms with van der Waals surface area (Å²) in [6, 6.07) is 0. The maximum Gasteiger partial charge on any atom is 0.329 e. The summed E-state index contributed by atoms with van der Waals surface area (Å²) in [5.74, 6) is -0.250. The highest BCUT2D eigenvalue weighted by Gasteiger charge is 2.30. The summed E-state index contributed by atoms with van der Waals surface area (Å²) in [6.45, 7) is 0. The first-order chi connectivity index (χ1) is 8.16. The molecule has 0 saturated heterocycles. The smallest absolute Gasteiger partial charge is 0.329 e. The Morgan fingerprint density at radius 1 is 1.18 bits per heavy atom. The van der Waals surface area contributed by atoms with Crippen LogP contribution in [0, 0.1) is 11.8 Å². The van der Waals surface area contributed by atoms with Crippen LogP contribution in [0.3, 0.4) is 0 Å². The second-order valence-corrected chi connectivity index (χ2v) is 5.03. The number of hydrazone groups is 1. The minimum atomic E-state index is -0.985. The third-order valence-corrected chi connectivity index (χ3v) is 3.91. The van der Waals surface area contributed by atoms with Crippen molar-refractivity contribution in [2.75, 3.05) is 0 Å². The van der Waals surface area contributed by atoms with Gasteiger partial charge in [-0.3, -0.25) is 9.59 Å². The maximum atomic E-state index is 11.0. The molecule has 2 aliphatic carbocycles. The van der Waals surface area contributed by atoms with Crippen molar-refractivity contribution < 1.29 is 9.59 Å². The summed E-state index contributed by atoms with van der Waals surface area (Å²) >= 11 is 0. The van der Waals surface area contributed by atoms with Gasteiger partial charge in [0.1, 0.15) is 0 Å². The van der Waals surface area contributed by atoms with Crippen molar-refractivity contribution in [2.45, 2.75) is 44.9 Å². The van der Waals surface area contributed by atoms with Gasteiger partial charge in [-0.1, -0.05) is 19.3 Å². The van der Waals surface area contributed by atoms with Crippen molar-refractivity contribution >= 4 is 17.5 Å². The molecule has 0 heterocycles. The summed E-state index contributed by atoms with van der Waals surface area (Å²) < 4.78 is 0. The van der Waals surface area contributed by atoms with Crippen molar-refractivity contribution in [1.82, 2.24) is 5.43 Å². The molecule has 0 aromatic heterocycles. The van der Waals surface area contributed by atoms with Gasteiger partial charge in [0.25, 0.3) is 0 Å². The molecule has 5 heteroatoms. The number of carbonyl (C=O) groups is 2. The maximum absolute atomic E-state index is 11.0. The molecular formula is C12H19N3O2. The molecule has 0 spiro atoms. The molecule has 2 aliphatic rings. The van der Waals surface area contributed by atoms with Gasteiger partial charge in [-0.15, -0.1) is 0 Å².